The third-order valence-electron chi connectivity index (χ3n) is 4.72. The van der Waals surface area contributed by atoms with Crippen LogP contribution in [0.3, 0.4) is 0 Å². The number of nitrogens with zero attached hydrogens (tertiary/aromatic N) is 4. The highest BCUT2D eigenvalue weighted by atomic mass is 16.5. The number of carbonyl (C=O) groups is 1. The zero-order valence-corrected chi connectivity index (χ0v) is 15.3. The second-order valence-electron chi connectivity index (χ2n) is 7.10. The fourth-order valence-corrected chi connectivity index (χ4v) is 3.30. The summed E-state index contributed by atoms with van der Waals surface area (Å²) in [6.45, 7) is 7.76. The van der Waals surface area contributed by atoms with Crippen LogP contribution in [0, 0.1) is 0 Å². The fourth-order valence-electron chi connectivity index (χ4n) is 3.30. The molecule has 1 atom stereocenters. The van der Waals surface area contributed by atoms with Crippen LogP contribution in [0.15, 0.2) is 29.4 Å². The quantitative estimate of drug-likeness (QED) is 0.921. The van der Waals surface area contributed by atoms with Gasteiger partial charge in [0, 0.05) is 43.0 Å². The van der Waals surface area contributed by atoms with E-state index < -0.39 is 0 Å². The maximum atomic E-state index is 11.2. The molecule has 7 nitrogen and oxygen atoms in total. The van der Waals surface area contributed by atoms with Gasteiger partial charge in [0.05, 0.1) is 23.9 Å². The number of hydrogen-bond donors (Lipinski definition) is 1. The van der Waals surface area contributed by atoms with Crippen molar-refractivity contribution in [3.8, 4) is 5.75 Å². The smallest absolute Gasteiger partial charge is 0.221 e. The predicted molar refractivity (Wildman–Crippen MR) is 99.5 cm³/mol. The summed E-state index contributed by atoms with van der Waals surface area (Å²) in [5.74, 6) is 0.917. The first-order chi connectivity index (χ1) is 12.5. The van der Waals surface area contributed by atoms with Crippen LogP contribution in [0.5, 0.6) is 5.75 Å². The highest BCUT2D eigenvalue weighted by Crippen LogP contribution is 2.30. The van der Waals surface area contributed by atoms with E-state index in [0.717, 1.165) is 34.9 Å². The van der Waals surface area contributed by atoms with Gasteiger partial charge in [-0.15, -0.1) is 0 Å². The molecule has 0 aliphatic carbocycles. The molecular weight excluding hydrogens is 330 g/mol. The van der Waals surface area contributed by atoms with Crippen molar-refractivity contribution in [2.45, 2.75) is 45.9 Å². The van der Waals surface area contributed by atoms with E-state index in [0.29, 0.717) is 19.2 Å². The van der Waals surface area contributed by atoms with Crippen LogP contribution in [0.2, 0.25) is 0 Å². The standard InChI is InChI=1S/C19H23N5O2/c1-12(2)23-10-15(8-20-23)18-7-17-11-26-19-6-16(21-13(3)25)5-4-14(19)9-24(17)22-18/h4-8,12,15H,9-11H2,1-3H3,(H,21,25). The molecule has 0 spiro atoms. The normalized spacial score (nSPS) is 18.3. The van der Waals surface area contributed by atoms with Crippen LogP contribution in [-0.4, -0.2) is 39.5 Å². The van der Waals surface area contributed by atoms with E-state index in [4.69, 9.17) is 9.84 Å². The number of hydrogen-bond acceptors (Lipinski definition) is 5. The summed E-state index contributed by atoms with van der Waals surface area (Å²) in [6, 6.07) is 8.25. The molecule has 1 N–H and O–H groups in total. The highest BCUT2D eigenvalue weighted by molar-refractivity contribution is 5.88. The molecule has 1 aromatic heterocycles. The summed E-state index contributed by atoms with van der Waals surface area (Å²) < 4.78 is 7.98. The van der Waals surface area contributed by atoms with E-state index in [9.17, 15) is 4.79 Å². The molecule has 26 heavy (non-hydrogen) atoms. The number of fused-ring (bicyclic) bond motifs is 2. The van der Waals surface area contributed by atoms with Crippen molar-refractivity contribution in [2.75, 3.05) is 11.9 Å². The van der Waals surface area contributed by atoms with Crippen LogP contribution in [0.4, 0.5) is 5.69 Å². The van der Waals surface area contributed by atoms with Gasteiger partial charge in [-0.3, -0.25) is 14.5 Å². The van der Waals surface area contributed by atoms with Gasteiger partial charge in [0.2, 0.25) is 5.91 Å². The van der Waals surface area contributed by atoms with Crippen LogP contribution >= 0.6 is 0 Å². The molecule has 1 amide bonds. The minimum absolute atomic E-state index is 0.0928. The Labute approximate surface area is 152 Å². The lowest BCUT2D eigenvalue weighted by atomic mass is 10.1. The van der Waals surface area contributed by atoms with Gasteiger partial charge in [0.25, 0.3) is 0 Å². The van der Waals surface area contributed by atoms with Crippen molar-refractivity contribution in [1.82, 2.24) is 14.8 Å². The van der Waals surface area contributed by atoms with Gasteiger partial charge in [-0.1, -0.05) is 6.07 Å². The molecule has 136 valence electrons. The Morgan fingerprint density at radius 3 is 2.92 bits per heavy atom. The molecule has 2 aliphatic rings. The number of ether oxygens (including phenoxy) is 1. The molecule has 0 fully saturated rings. The maximum Gasteiger partial charge on any atom is 0.221 e. The largest absolute Gasteiger partial charge is 0.487 e. The van der Waals surface area contributed by atoms with E-state index in [1.807, 2.05) is 29.1 Å². The van der Waals surface area contributed by atoms with E-state index in [1.54, 1.807) is 0 Å². The Kier molecular flexibility index (Phi) is 4.14. The number of aromatic nitrogens is 2. The number of amides is 1. The van der Waals surface area contributed by atoms with Crippen molar-refractivity contribution in [1.29, 1.82) is 0 Å². The number of nitrogens with one attached hydrogen (secondary N) is 1. The number of anilines is 1. The third-order valence-corrected chi connectivity index (χ3v) is 4.72. The van der Waals surface area contributed by atoms with Crippen LogP contribution in [0.25, 0.3) is 0 Å². The summed E-state index contributed by atoms with van der Waals surface area (Å²) in [6.07, 6.45) is 1.98. The first-order valence-corrected chi connectivity index (χ1v) is 8.90. The van der Waals surface area contributed by atoms with Gasteiger partial charge in [0.1, 0.15) is 12.4 Å². The average molecular weight is 353 g/mol. The zero-order valence-electron chi connectivity index (χ0n) is 15.3. The van der Waals surface area contributed by atoms with E-state index >= 15 is 0 Å². The predicted octanol–water partition coefficient (Wildman–Crippen LogP) is 2.58. The molecule has 1 unspecified atom stereocenters. The monoisotopic (exact) mass is 353 g/mol. The summed E-state index contributed by atoms with van der Waals surface area (Å²) in [7, 11) is 0. The molecule has 0 radical (unpaired) electrons. The molecule has 2 aromatic rings. The van der Waals surface area contributed by atoms with Crippen molar-refractivity contribution < 1.29 is 9.53 Å². The zero-order chi connectivity index (χ0) is 18.3. The molecule has 0 saturated carbocycles. The summed E-state index contributed by atoms with van der Waals surface area (Å²) >= 11 is 0. The van der Waals surface area contributed by atoms with E-state index in [-0.39, 0.29) is 11.8 Å². The van der Waals surface area contributed by atoms with Crippen molar-refractivity contribution >= 4 is 17.8 Å². The van der Waals surface area contributed by atoms with Crippen LogP contribution in [0.1, 0.15) is 43.6 Å². The average Bonchev–Trinajstić information content (AvgIpc) is 3.18. The highest BCUT2D eigenvalue weighted by Gasteiger charge is 2.25. The minimum atomic E-state index is -0.0928. The first kappa shape index (κ1) is 16.6. The molecule has 1 aromatic carbocycles. The molecular formula is C19H23N5O2. The Balaban J connectivity index is 1.54. The van der Waals surface area contributed by atoms with Gasteiger partial charge in [-0.05, 0) is 26.0 Å². The molecule has 4 rings (SSSR count). The Hall–Kier alpha value is -2.83. The molecule has 2 aliphatic heterocycles. The van der Waals surface area contributed by atoms with Crippen molar-refractivity contribution in [3.05, 3.63) is 41.2 Å². The third kappa shape index (κ3) is 3.16. The SMILES string of the molecule is CC(=O)Nc1ccc2c(c1)OCc1cc(C3C=NN(C(C)C)C3)nn1C2. The van der Waals surface area contributed by atoms with Gasteiger partial charge < -0.3 is 10.1 Å². The van der Waals surface area contributed by atoms with E-state index in [1.165, 1.54) is 6.92 Å². The number of hydrazone groups is 1. The summed E-state index contributed by atoms with van der Waals surface area (Å²) in [5.41, 5.74) is 3.88. The second kappa shape index (κ2) is 6.48. The van der Waals surface area contributed by atoms with Crippen molar-refractivity contribution in [3.63, 3.8) is 0 Å². The Morgan fingerprint density at radius 2 is 2.19 bits per heavy atom. The maximum absolute atomic E-state index is 11.2. The van der Waals surface area contributed by atoms with Gasteiger partial charge in [-0.2, -0.15) is 10.2 Å². The Morgan fingerprint density at radius 1 is 1.35 bits per heavy atom. The molecule has 0 bridgehead atoms. The number of carbonyl (C=O) groups excluding carboxylic acids is 1. The Bertz CT molecular complexity index is 871. The molecule has 3 heterocycles. The topological polar surface area (TPSA) is 71.8 Å². The van der Waals surface area contributed by atoms with Gasteiger partial charge in [0.15, 0.2) is 0 Å². The molecule has 0 saturated heterocycles. The second-order valence-corrected chi connectivity index (χ2v) is 7.10. The number of rotatable bonds is 3. The van der Waals surface area contributed by atoms with Crippen LogP contribution < -0.4 is 10.1 Å². The van der Waals surface area contributed by atoms with Gasteiger partial charge >= 0.3 is 0 Å². The van der Waals surface area contributed by atoms with Crippen LogP contribution in [-0.2, 0) is 17.9 Å². The van der Waals surface area contributed by atoms with Crippen molar-refractivity contribution in [2.24, 2.45) is 5.10 Å². The lowest BCUT2D eigenvalue weighted by molar-refractivity contribution is -0.114. The lowest BCUT2D eigenvalue weighted by Gasteiger charge is -2.19. The number of benzene rings is 1. The summed E-state index contributed by atoms with van der Waals surface area (Å²) in [5, 5.41) is 14.2. The fraction of sp³-hybridized carbons (Fsp3) is 0.421. The summed E-state index contributed by atoms with van der Waals surface area (Å²) in [4.78, 5) is 11.2. The first-order valence-electron chi connectivity index (χ1n) is 8.90. The molecule has 7 heteroatoms. The lowest BCUT2D eigenvalue weighted by Crippen LogP contribution is -2.25. The van der Waals surface area contributed by atoms with Gasteiger partial charge in [-0.25, -0.2) is 0 Å². The van der Waals surface area contributed by atoms with E-state index in [2.05, 4.69) is 35.3 Å². The minimum Gasteiger partial charge on any atom is -0.487 e.